The molecule has 0 radical (unpaired) electrons. The highest BCUT2D eigenvalue weighted by Gasteiger charge is 2.32. The molecule has 0 spiro atoms. The molecule has 2 aromatic rings. The third-order valence-electron chi connectivity index (χ3n) is 5.16. The van der Waals surface area contributed by atoms with Gasteiger partial charge in [0.2, 0.25) is 0 Å². The summed E-state index contributed by atoms with van der Waals surface area (Å²) in [5.41, 5.74) is 2.19. The van der Waals surface area contributed by atoms with Gasteiger partial charge in [-0.25, -0.2) is 0 Å². The van der Waals surface area contributed by atoms with Crippen molar-refractivity contribution in [3.63, 3.8) is 0 Å². The van der Waals surface area contributed by atoms with Crippen LogP contribution in [0, 0.1) is 12.8 Å². The lowest BCUT2D eigenvalue weighted by molar-refractivity contribution is -0.143. The van der Waals surface area contributed by atoms with Crippen molar-refractivity contribution < 1.29 is 23.1 Å². The van der Waals surface area contributed by atoms with Gasteiger partial charge in [0.1, 0.15) is 0 Å². The van der Waals surface area contributed by atoms with Crippen LogP contribution in [0.25, 0.3) is 0 Å². The Hall–Kier alpha value is -2.34. The van der Waals surface area contributed by atoms with Crippen molar-refractivity contribution in [2.24, 2.45) is 5.92 Å². The fourth-order valence-electron chi connectivity index (χ4n) is 3.71. The van der Waals surface area contributed by atoms with Crippen LogP contribution < -0.4 is 0 Å². The van der Waals surface area contributed by atoms with Crippen molar-refractivity contribution in [1.82, 2.24) is 4.90 Å². The van der Waals surface area contributed by atoms with E-state index in [4.69, 9.17) is 0 Å². The summed E-state index contributed by atoms with van der Waals surface area (Å²) >= 11 is 0. The third-order valence-corrected chi connectivity index (χ3v) is 5.16. The van der Waals surface area contributed by atoms with Gasteiger partial charge in [0.15, 0.2) is 0 Å². The predicted molar refractivity (Wildman–Crippen MR) is 96.4 cm³/mol. The van der Waals surface area contributed by atoms with Crippen LogP contribution in [0.5, 0.6) is 0 Å². The summed E-state index contributed by atoms with van der Waals surface area (Å²) in [5, 5.41) is 9.22. The average Bonchev–Trinajstić information content (AvgIpc) is 2.62. The number of carboxylic acid groups (broad SMARTS) is 1. The number of hydrogen-bond donors (Lipinski definition) is 1. The van der Waals surface area contributed by atoms with Crippen molar-refractivity contribution in [3.05, 3.63) is 70.8 Å². The molecule has 3 nitrogen and oxygen atoms in total. The number of halogens is 3. The normalized spacial score (nSPS) is 17.6. The van der Waals surface area contributed by atoms with E-state index in [1.807, 2.05) is 31.2 Å². The highest BCUT2D eigenvalue weighted by Crippen LogP contribution is 2.35. The molecule has 0 aliphatic carbocycles. The number of hydrogen-bond acceptors (Lipinski definition) is 2. The summed E-state index contributed by atoms with van der Waals surface area (Å²) in [4.78, 5) is 13.4. The molecule has 1 saturated heterocycles. The fourth-order valence-corrected chi connectivity index (χ4v) is 3.71. The highest BCUT2D eigenvalue weighted by molar-refractivity contribution is 5.70. The molecular formula is C21H22F3NO2. The predicted octanol–water partition coefficient (Wildman–Crippen LogP) is 4.90. The molecule has 1 heterocycles. The molecule has 1 atom stereocenters. The lowest BCUT2D eigenvalue weighted by Gasteiger charge is -2.37. The number of likely N-dealkylation sites (tertiary alicyclic amines) is 1. The smallest absolute Gasteiger partial charge is 0.416 e. The van der Waals surface area contributed by atoms with Gasteiger partial charge in [-0.3, -0.25) is 9.69 Å². The molecule has 27 heavy (non-hydrogen) atoms. The summed E-state index contributed by atoms with van der Waals surface area (Å²) < 4.78 is 38.7. The maximum absolute atomic E-state index is 12.9. The van der Waals surface area contributed by atoms with E-state index in [0.717, 1.165) is 28.8 Å². The molecule has 144 valence electrons. The van der Waals surface area contributed by atoms with Crippen LogP contribution in [0.3, 0.4) is 0 Å². The highest BCUT2D eigenvalue weighted by atomic mass is 19.4. The van der Waals surface area contributed by atoms with Crippen LogP contribution in [0.15, 0.2) is 48.5 Å². The number of carbonyl (C=O) groups is 1. The lowest BCUT2D eigenvalue weighted by atomic mass is 9.90. The standard InChI is InChI=1S/C21H22F3NO2/c1-14-3-2-4-17(13-14)19(25-11-9-16(10-12-25)20(26)27)15-5-7-18(8-6-15)21(22,23)24/h2-8,13,16,19H,9-12H2,1H3,(H,26,27). The van der Waals surface area contributed by atoms with E-state index in [2.05, 4.69) is 4.90 Å². The molecule has 1 fully saturated rings. The molecule has 1 N–H and O–H groups in total. The molecule has 1 unspecified atom stereocenters. The minimum atomic E-state index is -4.36. The second-order valence-corrected chi connectivity index (χ2v) is 7.08. The second kappa shape index (κ2) is 7.72. The fraction of sp³-hybridized carbons (Fsp3) is 0.381. The Kier molecular flexibility index (Phi) is 5.56. The zero-order valence-electron chi connectivity index (χ0n) is 15.0. The molecule has 0 saturated carbocycles. The number of aryl methyl sites for hydroxylation is 1. The van der Waals surface area contributed by atoms with Crippen LogP contribution in [0.2, 0.25) is 0 Å². The Bertz CT molecular complexity index is 794. The van der Waals surface area contributed by atoms with Gasteiger partial charge in [-0.2, -0.15) is 13.2 Å². The zero-order chi connectivity index (χ0) is 19.6. The Morgan fingerprint density at radius 2 is 1.70 bits per heavy atom. The molecule has 6 heteroatoms. The van der Waals surface area contributed by atoms with Gasteiger partial charge in [0.25, 0.3) is 0 Å². The molecule has 1 aliphatic heterocycles. The first-order chi connectivity index (χ1) is 12.8. The molecule has 2 aromatic carbocycles. The topological polar surface area (TPSA) is 40.5 Å². The molecule has 0 aromatic heterocycles. The van der Waals surface area contributed by atoms with Gasteiger partial charge >= 0.3 is 12.1 Å². The monoisotopic (exact) mass is 377 g/mol. The number of carboxylic acids is 1. The zero-order valence-corrected chi connectivity index (χ0v) is 15.0. The summed E-state index contributed by atoms with van der Waals surface area (Å²) in [7, 11) is 0. The van der Waals surface area contributed by atoms with E-state index in [9.17, 15) is 23.1 Å². The van der Waals surface area contributed by atoms with Crippen molar-refractivity contribution in [2.75, 3.05) is 13.1 Å². The second-order valence-electron chi connectivity index (χ2n) is 7.08. The van der Waals surface area contributed by atoms with Crippen molar-refractivity contribution in [1.29, 1.82) is 0 Å². The van der Waals surface area contributed by atoms with E-state index in [1.54, 1.807) is 0 Å². The largest absolute Gasteiger partial charge is 0.481 e. The average molecular weight is 377 g/mol. The Morgan fingerprint density at radius 3 is 2.22 bits per heavy atom. The van der Waals surface area contributed by atoms with Crippen LogP contribution in [0.4, 0.5) is 13.2 Å². The molecule has 3 rings (SSSR count). The number of aliphatic carboxylic acids is 1. The van der Waals surface area contributed by atoms with Crippen LogP contribution in [0.1, 0.15) is 41.1 Å². The van der Waals surface area contributed by atoms with E-state index >= 15 is 0 Å². The SMILES string of the molecule is Cc1cccc(C(c2ccc(C(F)(F)F)cc2)N2CCC(C(=O)O)CC2)c1. The molecule has 1 aliphatic rings. The Balaban J connectivity index is 1.92. The van der Waals surface area contributed by atoms with Crippen LogP contribution >= 0.6 is 0 Å². The number of alkyl halides is 3. The van der Waals surface area contributed by atoms with Gasteiger partial charge in [0.05, 0.1) is 17.5 Å². The Morgan fingerprint density at radius 1 is 1.07 bits per heavy atom. The minimum Gasteiger partial charge on any atom is -0.481 e. The van der Waals surface area contributed by atoms with Crippen molar-refractivity contribution >= 4 is 5.97 Å². The minimum absolute atomic E-state index is 0.193. The summed E-state index contributed by atoms with van der Waals surface area (Å²) in [6.45, 7) is 3.16. The third kappa shape index (κ3) is 4.50. The first kappa shape index (κ1) is 19.4. The quantitative estimate of drug-likeness (QED) is 0.824. The van der Waals surface area contributed by atoms with E-state index in [0.29, 0.717) is 25.9 Å². The summed E-state index contributed by atoms with van der Waals surface area (Å²) in [6.07, 6.45) is -3.28. The molecule has 0 bridgehead atoms. The maximum Gasteiger partial charge on any atom is 0.416 e. The number of nitrogens with zero attached hydrogens (tertiary/aromatic N) is 1. The van der Waals surface area contributed by atoms with Crippen LogP contribution in [-0.2, 0) is 11.0 Å². The maximum atomic E-state index is 12.9. The van der Waals surface area contributed by atoms with Gasteiger partial charge in [0, 0.05) is 0 Å². The van der Waals surface area contributed by atoms with E-state index in [-0.39, 0.29) is 12.0 Å². The van der Waals surface area contributed by atoms with Crippen molar-refractivity contribution in [3.8, 4) is 0 Å². The van der Waals surface area contributed by atoms with Crippen LogP contribution in [-0.4, -0.2) is 29.1 Å². The van der Waals surface area contributed by atoms with Gasteiger partial charge in [-0.05, 0) is 56.1 Å². The number of benzene rings is 2. The number of piperidine rings is 1. The van der Waals surface area contributed by atoms with Gasteiger partial charge in [-0.1, -0.05) is 42.0 Å². The first-order valence-electron chi connectivity index (χ1n) is 8.96. The molecular weight excluding hydrogens is 355 g/mol. The molecule has 0 amide bonds. The van der Waals surface area contributed by atoms with Gasteiger partial charge in [-0.15, -0.1) is 0 Å². The summed E-state index contributed by atoms with van der Waals surface area (Å²) in [5.74, 6) is -1.14. The summed E-state index contributed by atoms with van der Waals surface area (Å²) in [6, 6.07) is 13.0. The number of rotatable bonds is 4. The lowest BCUT2D eigenvalue weighted by Crippen LogP contribution is -2.39. The van der Waals surface area contributed by atoms with Crippen molar-refractivity contribution in [2.45, 2.75) is 32.0 Å². The van der Waals surface area contributed by atoms with Gasteiger partial charge < -0.3 is 5.11 Å². The Labute approximate surface area is 156 Å². The van der Waals surface area contributed by atoms with E-state index < -0.39 is 17.7 Å². The van der Waals surface area contributed by atoms with E-state index in [1.165, 1.54) is 12.1 Å². The first-order valence-corrected chi connectivity index (χ1v) is 8.96.